The number of halogens is 1. The van der Waals surface area contributed by atoms with Crippen LogP contribution in [0.15, 0.2) is 51.8 Å². The molecule has 0 spiro atoms. The first kappa shape index (κ1) is 16.0. The highest BCUT2D eigenvalue weighted by Crippen LogP contribution is 2.23. The second kappa shape index (κ2) is 6.17. The van der Waals surface area contributed by atoms with E-state index in [1.54, 1.807) is 36.4 Å². The lowest BCUT2D eigenvalue weighted by Crippen LogP contribution is -2.26. The lowest BCUT2D eigenvalue weighted by Gasteiger charge is -2.18. The summed E-state index contributed by atoms with van der Waals surface area (Å²) in [5, 5.41) is 9.44. The van der Waals surface area contributed by atoms with E-state index in [1.165, 1.54) is 11.4 Å². The van der Waals surface area contributed by atoms with Gasteiger partial charge in [0, 0.05) is 18.1 Å². The van der Waals surface area contributed by atoms with Crippen LogP contribution in [0.1, 0.15) is 11.1 Å². The third-order valence-electron chi connectivity index (χ3n) is 3.04. The van der Waals surface area contributed by atoms with Crippen LogP contribution in [0.2, 0.25) is 0 Å². The molecule has 0 aliphatic carbocycles. The zero-order valence-corrected chi connectivity index (χ0v) is 14.1. The van der Waals surface area contributed by atoms with Crippen molar-refractivity contribution < 1.29 is 13.5 Å². The lowest BCUT2D eigenvalue weighted by atomic mass is 10.2. The Labute approximate surface area is 133 Å². The lowest BCUT2D eigenvalue weighted by molar-refractivity contribution is 0.458. The maximum Gasteiger partial charge on any atom is 0.243 e. The molecule has 0 radical (unpaired) electrons. The standard InChI is InChI=1S/C15H16BrNO3S/c1-11-6-13(16)9-15(7-11)21(19,20)17(2)10-12-4-3-5-14(18)8-12/h3-9,18H,10H2,1-2H3. The van der Waals surface area contributed by atoms with Crippen LogP contribution in [-0.2, 0) is 16.6 Å². The molecule has 0 amide bonds. The molecule has 2 aromatic rings. The van der Waals surface area contributed by atoms with Crippen LogP contribution >= 0.6 is 15.9 Å². The van der Waals surface area contributed by atoms with Gasteiger partial charge >= 0.3 is 0 Å². The average molecular weight is 370 g/mol. The van der Waals surface area contributed by atoms with Crippen LogP contribution in [0.3, 0.4) is 0 Å². The summed E-state index contributed by atoms with van der Waals surface area (Å²) in [5.74, 6) is 0.122. The van der Waals surface area contributed by atoms with E-state index in [4.69, 9.17) is 0 Å². The highest BCUT2D eigenvalue weighted by atomic mass is 79.9. The summed E-state index contributed by atoms with van der Waals surface area (Å²) in [6.45, 7) is 2.04. The Morgan fingerprint density at radius 1 is 1.19 bits per heavy atom. The minimum atomic E-state index is -3.57. The molecule has 0 atom stereocenters. The van der Waals surface area contributed by atoms with Gasteiger partial charge in [0.1, 0.15) is 5.75 Å². The number of benzene rings is 2. The van der Waals surface area contributed by atoms with Crippen molar-refractivity contribution in [3.63, 3.8) is 0 Å². The predicted octanol–water partition coefficient (Wildman–Crippen LogP) is 3.28. The van der Waals surface area contributed by atoms with Crippen molar-refractivity contribution in [3.05, 3.63) is 58.1 Å². The quantitative estimate of drug-likeness (QED) is 0.899. The monoisotopic (exact) mass is 369 g/mol. The molecule has 0 fully saturated rings. The Bertz CT molecular complexity index is 739. The smallest absolute Gasteiger partial charge is 0.243 e. The molecule has 0 heterocycles. The number of hydrogen-bond acceptors (Lipinski definition) is 3. The maximum absolute atomic E-state index is 12.6. The van der Waals surface area contributed by atoms with E-state index < -0.39 is 10.0 Å². The van der Waals surface area contributed by atoms with E-state index in [0.29, 0.717) is 0 Å². The first-order valence-corrected chi connectivity index (χ1v) is 8.54. The molecule has 2 aromatic carbocycles. The summed E-state index contributed by atoms with van der Waals surface area (Å²) in [6.07, 6.45) is 0. The van der Waals surface area contributed by atoms with E-state index in [9.17, 15) is 13.5 Å². The topological polar surface area (TPSA) is 57.6 Å². The van der Waals surface area contributed by atoms with Crippen molar-refractivity contribution in [2.24, 2.45) is 0 Å². The van der Waals surface area contributed by atoms with Gasteiger partial charge in [-0.15, -0.1) is 0 Å². The van der Waals surface area contributed by atoms with Crippen LogP contribution in [0.25, 0.3) is 0 Å². The van der Waals surface area contributed by atoms with Crippen molar-refractivity contribution in [2.45, 2.75) is 18.4 Å². The molecule has 0 aromatic heterocycles. The van der Waals surface area contributed by atoms with E-state index in [-0.39, 0.29) is 17.2 Å². The number of nitrogens with zero attached hydrogens (tertiary/aromatic N) is 1. The third kappa shape index (κ3) is 3.84. The highest BCUT2D eigenvalue weighted by molar-refractivity contribution is 9.10. The van der Waals surface area contributed by atoms with Crippen molar-refractivity contribution in [1.29, 1.82) is 0 Å². The molecule has 0 saturated heterocycles. The molecular weight excluding hydrogens is 354 g/mol. The number of phenols is 1. The second-order valence-electron chi connectivity index (χ2n) is 4.90. The van der Waals surface area contributed by atoms with Crippen molar-refractivity contribution in [1.82, 2.24) is 4.31 Å². The van der Waals surface area contributed by atoms with Gasteiger partial charge in [0.15, 0.2) is 0 Å². The van der Waals surface area contributed by atoms with Gasteiger partial charge in [-0.1, -0.05) is 28.1 Å². The Hall–Kier alpha value is -1.37. The number of hydrogen-bond donors (Lipinski definition) is 1. The number of sulfonamides is 1. The van der Waals surface area contributed by atoms with Gasteiger partial charge in [0.2, 0.25) is 10.0 Å². The number of aromatic hydroxyl groups is 1. The molecule has 2 rings (SSSR count). The molecule has 0 bridgehead atoms. The summed E-state index contributed by atoms with van der Waals surface area (Å²) in [7, 11) is -2.05. The minimum absolute atomic E-state index is 0.122. The zero-order chi connectivity index (χ0) is 15.6. The molecule has 21 heavy (non-hydrogen) atoms. The van der Waals surface area contributed by atoms with E-state index in [2.05, 4.69) is 15.9 Å². The first-order valence-electron chi connectivity index (χ1n) is 6.30. The van der Waals surface area contributed by atoms with E-state index in [0.717, 1.165) is 15.6 Å². The molecule has 0 aliphatic rings. The Morgan fingerprint density at radius 3 is 2.52 bits per heavy atom. The van der Waals surface area contributed by atoms with Gasteiger partial charge in [0.05, 0.1) is 4.90 Å². The second-order valence-corrected chi connectivity index (χ2v) is 7.86. The first-order chi connectivity index (χ1) is 9.79. The van der Waals surface area contributed by atoms with Gasteiger partial charge in [-0.2, -0.15) is 4.31 Å². The molecule has 0 unspecified atom stereocenters. The zero-order valence-electron chi connectivity index (χ0n) is 11.7. The summed E-state index contributed by atoms with van der Waals surface area (Å²) >= 11 is 3.31. The molecule has 0 aliphatic heterocycles. The number of rotatable bonds is 4. The van der Waals surface area contributed by atoms with Crippen LogP contribution in [-0.4, -0.2) is 24.9 Å². The molecule has 6 heteroatoms. The molecule has 4 nitrogen and oxygen atoms in total. The van der Waals surface area contributed by atoms with Crippen LogP contribution in [0.4, 0.5) is 0 Å². The number of phenolic OH excluding ortho intramolecular Hbond substituents is 1. The van der Waals surface area contributed by atoms with Crippen molar-refractivity contribution >= 4 is 26.0 Å². The maximum atomic E-state index is 12.6. The molecule has 112 valence electrons. The average Bonchev–Trinajstić information content (AvgIpc) is 2.37. The third-order valence-corrected chi connectivity index (χ3v) is 5.28. The van der Waals surface area contributed by atoms with Crippen molar-refractivity contribution in [3.8, 4) is 5.75 Å². The molecule has 0 saturated carbocycles. The summed E-state index contributed by atoms with van der Waals surface area (Å²) in [4.78, 5) is 0.247. The van der Waals surface area contributed by atoms with Gasteiger partial charge in [-0.3, -0.25) is 0 Å². The van der Waals surface area contributed by atoms with Crippen molar-refractivity contribution in [2.75, 3.05) is 7.05 Å². The Kier molecular flexibility index (Phi) is 4.70. The molecule has 1 N–H and O–H groups in total. The van der Waals surface area contributed by atoms with Gasteiger partial charge in [-0.25, -0.2) is 8.42 Å². The van der Waals surface area contributed by atoms with Crippen LogP contribution < -0.4 is 0 Å². The van der Waals surface area contributed by atoms with E-state index in [1.807, 2.05) is 13.0 Å². The van der Waals surface area contributed by atoms with Gasteiger partial charge < -0.3 is 5.11 Å². The number of aryl methyl sites for hydroxylation is 1. The summed E-state index contributed by atoms with van der Waals surface area (Å²) in [6, 6.07) is 11.6. The fraction of sp³-hybridized carbons (Fsp3) is 0.200. The van der Waals surface area contributed by atoms with E-state index >= 15 is 0 Å². The minimum Gasteiger partial charge on any atom is -0.508 e. The Balaban J connectivity index is 2.30. The fourth-order valence-corrected chi connectivity index (χ4v) is 4.08. The van der Waals surface area contributed by atoms with Gasteiger partial charge in [-0.05, 0) is 48.4 Å². The normalized spacial score (nSPS) is 11.8. The largest absolute Gasteiger partial charge is 0.508 e. The van der Waals surface area contributed by atoms with Crippen LogP contribution in [0, 0.1) is 6.92 Å². The van der Waals surface area contributed by atoms with Crippen LogP contribution in [0.5, 0.6) is 5.75 Å². The summed E-state index contributed by atoms with van der Waals surface area (Å²) < 4.78 is 27.1. The molecular formula is C15H16BrNO3S. The SMILES string of the molecule is Cc1cc(Br)cc(S(=O)(=O)N(C)Cc2cccc(O)c2)c1. The van der Waals surface area contributed by atoms with Gasteiger partial charge in [0.25, 0.3) is 0 Å². The highest BCUT2D eigenvalue weighted by Gasteiger charge is 2.21. The Morgan fingerprint density at radius 2 is 1.90 bits per heavy atom. The fourth-order valence-electron chi connectivity index (χ4n) is 2.03. The summed E-state index contributed by atoms with van der Waals surface area (Å²) in [5.41, 5.74) is 1.60. The predicted molar refractivity (Wildman–Crippen MR) is 85.6 cm³/mol.